The molecule has 0 fully saturated rings. The highest BCUT2D eigenvalue weighted by Crippen LogP contribution is 2.27. The molecule has 17 heavy (non-hydrogen) atoms. The van der Waals surface area contributed by atoms with Gasteiger partial charge in [-0.1, -0.05) is 12.1 Å². The Kier molecular flexibility index (Phi) is 3.32. The zero-order valence-corrected chi connectivity index (χ0v) is 9.95. The van der Waals surface area contributed by atoms with Crippen LogP contribution in [0, 0.1) is 0 Å². The summed E-state index contributed by atoms with van der Waals surface area (Å²) in [7, 11) is 1.63. The maximum atomic E-state index is 11.4. The number of esters is 1. The van der Waals surface area contributed by atoms with Gasteiger partial charge in [-0.25, -0.2) is 0 Å². The maximum Gasteiger partial charge on any atom is 0.310 e. The summed E-state index contributed by atoms with van der Waals surface area (Å²) < 4.78 is 10.2. The molecule has 0 aliphatic rings. The summed E-state index contributed by atoms with van der Waals surface area (Å²) in [5.41, 5.74) is 1.84. The monoisotopic (exact) mass is 233 g/mol. The fourth-order valence-corrected chi connectivity index (χ4v) is 1.87. The van der Waals surface area contributed by atoms with Crippen molar-refractivity contribution >= 4 is 16.9 Å². The van der Waals surface area contributed by atoms with Crippen LogP contribution in [-0.4, -0.2) is 24.7 Å². The summed E-state index contributed by atoms with van der Waals surface area (Å²) in [6.45, 7) is 2.21. The highest BCUT2D eigenvalue weighted by atomic mass is 16.5. The van der Waals surface area contributed by atoms with Crippen molar-refractivity contribution in [1.29, 1.82) is 0 Å². The van der Waals surface area contributed by atoms with E-state index in [1.807, 2.05) is 24.4 Å². The van der Waals surface area contributed by atoms with Gasteiger partial charge in [0.05, 0.1) is 25.7 Å². The second kappa shape index (κ2) is 4.91. The van der Waals surface area contributed by atoms with Crippen LogP contribution in [0.1, 0.15) is 12.5 Å². The molecule has 0 saturated carbocycles. The third-order valence-electron chi connectivity index (χ3n) is 2.62. The normalized spacial score (nSPS) is 10.5. The molecule has 0 atom stereocenters. The van der Waals surface area contributed by atoms with Gasteiger partial charge in [-0.2, -0.15) is 0 Å². The summed E-state index contributed by atoms with van der Waals surface area (Å²) >= 11 is 0. The van der Waals surface area contributed by atoms with Crippen molar-refractivity contribution in [2.75, 3.05) is 13.7 Å². The lowest BCUT2D eigenvalue weighted by molar-refractivity contribution is -0.142. The molecule has 4 heteroatoms. The fourth-order valence-electron chi connectivity index (χ4n) is 1.87. The minimum absolute atomic E-state index is 0.212. The fraction of sp³-hybridized carbons (Fsp3) is 0.308. The van der Waals surface area contributed by atoms with Gasteiger partial charge in [0.25, 0.3) is 0 Å². The minimum Gasteiger partial charge on any atom is -0.495 e. The van der Waals surface area contributed by atoms with Gasteiger partial charge in [0.1, 0.15) is 5.75 Å². The van der Waals surface area contributed by atoms with Crippen LogP contribution in [0.15, 0.2) is 24.4 Å². The third-order valence-corrected chi connectivity index (χ3v) is 2.62. The number of aromatic nitrogens is 1. The SMILES string of the molecule is CCOC(=O)Cc1c[nH]c2c(OC)cccc12. The number of para-hydroxylation sites is 1. The lowest BCUT2D eigenvalue weighted by Gasteiger charge is -2.02. The number of hydrogen-bond acceptors (Lipinski definition) is 3. The van der Waals surface area contributed by atoms with Gasteiger partial charge in [0, 0.05) is 11.6 Å². The van der Waals surface area contributed by atoms with Crippen LogP contribution in [0.3, 0.4) is 0 Å². The van der Waals surface area contributed by atoms with Crippen LogP contribution in [0.25, 0.3) is 10.9 Å². The summed E-state index contributed by atoms with van der Waals surface area (Å²) in [5, 5.41) is 0.998. The third kappa shape index (κ3) is 2.25. The van der Waals surface area contributed by atoms with E-state index >= 15 is 0 Å². The number of aromatic amines is 1. The molecule has 1 heterocycles. The van der Waals surface area contributed by atoms with Gasteiger partial charge < -0.3 is 14.5 Å². The predicted molar refractivity (Wildman–Crippen MR) is 65.2 cm³/mol. The van der Waals surface area contributed by atoms with E-state index in [4.69, 9.17) is 9.47 Å². The summed E-state index contributed by atoms with van der Waals surface area (Å²) in [6.07, 6.45) is 2.10. The van der Waals surface area contributed by atoms with Crippen molar-refractivity contribution in [3.63, 3.8) is 0 Å². The van der Waals surface area contributed by atoms with E-state index in [-0.39, 0.29) is 12.4 Å². The first-order valence-corrected chi connectivity index (χ1v) is 5.54. The van der Waals surface area contributed by atoms with Gasteiger partial charge in [-0.3, -0.25) is 4.79 Å². The van der Waals surface area contributed by atoms with E-state index in [9.17, 15) is 4.79 Å². The van der Waals surface area contributed by atoms with Crippen LogP contribution < -0.4 is 4.74 Å². The Labute approximate surface area is 99.5 Å². The first kappa shape index (κ1) is 11.5. The molecule has 0 aliphatic carbocycles. The Balaban J connectivity index is 2.33. The Morgan fingerprint density at radius 1 is 1.41 bits per heavy atom. The Hall–Kier alpha value is -1.97. The van der Waals surface area contributed by atoms with Crippen molar-refractivity contribution in [3.8, 4) is 5.75 Å². The molecule has 0 bridgehead atoms. The molecule has 90 valence electrons. The van der Waals surface area contributed by atoms with Crippen molar-refractivity contribution < 1.29 is 14.3 Å². The average molecular weight is 233 g/mol. The molecule has 1 aromatic heterocycles. The number of ether oxygens (including phenoxy) is 2. The smallest absolute Gasteiger partial charge is 0.310 e. The Morgan fingerprint density at radius 2 is 2.24 bits per heavy atom. The number of methoxy groups -OCH3 is 1. The first-order chi connectivity index (χ1) is 8.26. The van der Waals surface area contributed by atoms with E-state index in [2.05, 4.69) is 4.98 Å². The molecule has 0 amide bonds. The molecule has 0 aliphatic heterocycles. The average Bonchev–Trinajstić information content (AvgIpc) is 2.73. The number of carbonyl (C=O) groups excluding carboxylic acids is 1. The summed E-state index contributed by atoms with van der Waals surface area (Å²) in [6, 6.07) is 5.75. The molecule has 0 radical (unpaired) electrons. The zero-order chi connectivity index (χ0) is 12.3. The largest absolute Gasteiger partial charge is 0.495 e. The van der Waals surface area contributed by atoms with Crippen LogP contribution in [0.2, 0.25) is 0 Å². The van der Waals surface area contributed by atoms with Crippen molar-refractivity contribution in [1.82, 2.24) is 4.98 Å². The number of carbonyl (C=O) groups is 1. The van der Waals surface area contributed by atoms with E-state index in [1.165, 1.54) is 0 Å². The quantitative estimate of drug-likeness (QED) is 0.824. The predicted octanol–water partition coefficient (Wildman–Crippen LogP) is 2.28. The van der Waals surface area contributed by atoms with Crippen LogP contribution in [0.4, 0.5) is 0 Å². The van der Waals surface area contributed by atoms with E-state index in [0.717, 1.165) is 22.2 Å². The maximum absolute atomic E-state index is 11.4. The standard InChI is InChI=1S/C13H15NO3/c1-3-17-12(15)7-9-8-14-13-10(9)5-4-6-11(13)16-2/h4-6,8,14H,3,7H2,1-2H3. The van der Waals surface area contributed by atoms with E-state index < -0.39 is 0 Å². The lowest BCUT2D eigenvalue weighted by atomic mass is 10.1. The van der Waals surface area contributed by atoms with Gasteiger partial charge in [0.2, 0.25) is 0 Å². The van der Waals surface area contributed by atoms with Crippen molar-refractivity contribution in [2.45, 2.75) is 13.3 Å². The molecule has 0 unspecified atom stereocenters. The molecule has 2 aromatic rings. The highest BCUT2D eigenvalue weighted by Gasteiger charge is 2.11. The molecule has 4 nitrogen and oxygen atoms in total. The molecule has 0 spiro atoms. The number of fused-ring (bicyclic) bond motifs is 1. The van der Waals surface area contributed by atoms with Gasteiger partial charge in [0.15, 0.2) is 0 Å². The molecular weight excluding hydrogens is 218 g/mol. The molecule has 1 aromatic carbocycles. The van der Waals surface area contributed by atoms with Crippen LogP contribution in [0.5, 0.6) is 5.75 Å². The van der Waals surface area contributed by atoms with Gasteiger partial charge in [-0.05, 0) is 18.6 Å². The van der Waals surface area contributed by atoms with E-state index in [1.54, 1.807) is 14.0 Å². The summed E-state index contributed by atoms with van der Waals surface area (Å²) in [4.78, 5) is 14.6. The van der Waals surface area contributed by atoms with Crippen LogP contribution in [-0.2, 0) is 16.0 Å². The number of benzene rings is 1. The lowest BCUT2D eigenvalue weighted by Crippen LogP contribution is -2.06. The number of rotatable bonds is 4. The topological polar surface area (TPSA) is 51.3 Å². The molecule has 2 rings (SSSR count). The Morgan fingerprint density at radius 3 is 2.94 bits per heavy atom. The van der Waals surface area contributed by atoms with Gasteiger partial charge >= 0.3 is 5.97 Å². The second-order valence-electron chi connectivity index (χ2n) is 3.68. The number of nitrogens with one attached hydrogen (secondary N) is 1. The number of H-pyrrole nitrogens is 1. The zero-order valence-electron chi connectivity index (χ0n) is 9.95. The highest BCUT2D eigenvalue weighted by molar-refractivity contribution is 5.91. The summed E-state index contributed by atoms with van der Waals surface area (Å²) in [5.74, 6) is 0.564. The minimum atomic E-state index is -0.212. The Bertz CT molecular complexity index is 530. The van der Waals surface area contributed by atoms with Crippen molar-refractivity contribution in [3.05, 3.63) is 30.0 Å². The van der Waals surface area contributed by atoms with Gasteiger partial charge in [-0.15, -0.1) is 0 Å². The molecule has 0 saturated heterocycles. The first-order valence-electron chi connectivity index (χ1n) is 5.54. The molecule has 1 N–H and O–H groups in total. The van der Waals surface area contributed by atoms with Crippen LogP contribution >= 0.6 is 0 Å². The van der Waals surface area contributed by atoms with E-state index in [0.29, 0.717) is 6.61 Å². The molecular formula is C13H15NO3. The van der Waals surface area contributed by atoms with Crippen molar-refractivity contribution in [2.24, 2.45) is 0 Å². The second-order valence-corrected chi connectivity index (χ2v) is 3.68. The number of hydrogen-bond donors (Lipinski definition) is 1.